The lowest BCUT2D eigenvalue weighted by atomic mass is 10.2. The van der Waals surface area contributed by atoms with Crippen molar-refractivity contribution in [2.24, 2.45) is 0 Å². The van der Waals surface area contributed by atoms with E-state index in [2.05, 4.69) is 38.5 Å². The monoisotopic (exact) mass is 352 g/mol. The molecule has 0 saturated heterocycles. The SMILES string of the molecule is CCc1csc(-c2ccccc2NC(Br)CC(C)=O)n1. The second kappa shape index (κ2) is 6.99. The molecule has 0 fully saturated rings. The third kappa shape index (κ3) is 3.90. The fraction of sp³-hybridized carbons (Fsp3) is 0.333. The molecule has 3 nitrogen and oxygen atoms in total. The number of aryl methyl sites for hydroxylation is 1. The van der Waals surface area contributed by atoms with Crippen molar-refractivity contribution in [2.45, 2.75) is 31.6 Å². The van der Waals surface area contributed by atoms with Gasteiger partial charge in [-0.1, -0.05) is 35.0 Å². The molecule has 106 valence electrons. The highest BCUT2D eigenvalue weighted by Crippen LogP contribution is 2.31. The van der Waals surface area contributed by atoms with Crippen molar-refractivity contribution in [3.63, 3.8) is 0 Å². The van der Waals surface area contributed by atoms with Gasteiger partial charge in [-0.15, -0.1) is 11.3 Å². The Morgan fingerprint density at radius 3 is 2.85 bits per heavy atom. The number of thiazole rings is 1. The van der Waals surface area contributed by atoms with Crippen LogP contribution in [0.4, 0.5) is 5.69 Å². The number of carbonyl (C=O) groups is 1. The number of hydrogen-bond acceptors (Lipinski definition) is 4. The molecule has 0 bridgehead atoms. The number of hydrogen-bond donors (Lipinski definition) is 1. The number of para-hydroxylation sites is 1. The predicted molar refractivity (Wildman–Crippen MR) is 88.6 cm³/mol. The van der Waals surface area contributed by atoms with E-state index in [1.165, 1.54) is 0 Å². The van der Waals surface area contributed by atoms with Crippen LogP contribution >= 0.6 is 27.3 Å². The molecule has 1 aromatic carbocycles. The Morgan fingerprint density at radius 2 is 2.20 bits per heavy atom. The molecular weight excluding hydrogens is 336 g/mol. The third-order valence-corrected chi connectivity index (χ3v) is 4.33. The third-order valence-electron chi connectivity index (χ3n) is 2.85. The second-order valence-corrected chi connectivity index (χ2v) is 6.52. The fourth-order valence-electron chi connectivity index (χ4n) is 1.86. The van der Waals surface area contributed by atoms with E-state index < -0.39 is 0 Å². The van der Waals surface area contributed by atoms with Crippen molar-refractivity contribution in [2.75, 3.05) is 5.32 Å². The van der Waals surface area contributed by atoms with E-state index in [-0.39, 0.29) is 10.7 Å². The van der Waals surface area contributed by atoms with Gasteiger partial charge in [-0.05, 0) is 25.5 Å². The summed E-state index contributed by atoms with van der Waals surface area (Å²) in [6, 6.07) is 8.04. The van der Waals surface area contributed by atoms with Crippen molar-refractivity contribution in [3.8, 4) is 10.6 Å². The number of benzene rings is 1. The Balaban J connectivity index is 2.23. The van der Waals surface area contributed by atoms with E-state index in [9.17, 15) is 4.79 Å². The van der Waals surface area contributed by atoms with Crippen molar-refractivity contribution < 1.29 is 4.79 Å². The molecule has 1 unspecified atom stereocenters. The van der Waals surface area contributed by atoms with E-state index in [1.807, 2.05) is 24.3 Å². The maximum atomic E-state index is 11.2. The first kappa shape index (κ1) is 15.2. The lowest BCUT2D eigenvalue weighted by Gasteiger charge is -2.14. The van der Waals surface area contributed by atoms with Crippen LogP contribution in [0.5, 0.6) is 0 Å². The summed E-state index contributed by atoms with van der Waals surface area (Å²) >= 11 is 5.14. The highest BCUT2D eigenvalue weighted by Gasteiger charge is 2.12. The average Bonchev–Trinajstić information content (AvgIpc) is 2.87. The number of aromatic nitrogens is 1. The molecule has 5 heteroatoms. The minimum Gasteiger partial charge on any atom is -0.372 e. The number of ketones is 1. The minimum absolute atomic E-state index is 0.0632. The van der Waals surface area contributed by atoms with E-state index in [0.29, 0.717) is 6.42 Å². The molecule has 0 radical (unpaired) electrons. The van der Waals surface area contributed by atoms with Gasteiger partial charge in [0, 0.05) is 23.1 Å². The lowest BCUT2D eigenvalue weighted by molar-refractivity contribution is -0.116. The first-order valence-electron chi connectivity index (χ1n) is 6.54. The molecule has 0 aliphatic carbocycles. The molecule has 1 atom stereocenters. The summed E-state index contributed by atoms with van der Waals surface area (Å²) in [7, 11) is 0. The maximum Gasteiger partial charge on any atom is 0.132 e. The van der Waals surface area contributed by atoms with Gasteiger partial charge in [0.25, 0.3) is 0 Å². The van der Waals surface area contributed by atoms with Crippen molar-refractivity contribution in [1.82, 2.24) is 4.98 Å². The molecule has 0 saturated carbocycles. The molecule has 0 aliphatic heterocycles. The van der Waals surface area contributed by atoms with Crippen LogP contribution in [-0.4, -0.2) is 15.7 Å². The summed E-state index contributed by atoms with van der Waals surface area (Å²) in [5.74, 6) is 0.152. The van der Waals surface area contributed by atoms with Gasteiger partial charge in [0.15, 0.2) is 0 Å². The number of halogens is 1. The molecule has 1 N–H and O–H groups in total. The highest BCUT2D eigenvalue weighted by molar-refractivity contribution is 9.09. The summed E-state index contributed by atoms with van der Waals surface area (Å²) in [4.78, 5) is 15.7. The zero-order chi connectivity index (χ0) is 14.5. The highest BCUT2D eigenvalue weighted by atomic mass is 79.9. The Kier molecular flexibility index (Phi) is 5.31. The van der Waals surface area contributed by atoms with Crippen LogP contribution in [-0.2, 0) is 11.2 Å². The van der Waals surface area contributed by atoms with E-state index in [0.717, 1.165) is 28.4 Å². The van der Waals surface area contributed by atoms with Crippen LogP contribution in [0, 0.1) is 0 Å². The topological polar surface area (TPSA) is 42.0 Å². The van der Waals surface area contributed by atoms with Crippen LogP contribution in [0.25, 0.3) is 10.6 Å². The van der Waals surface area contributed by atoms with Gasteiger partial charge in [-0.2, -0.15) is 0 Å². The second-order valence-electron chi connectivity index (χ2n) is 4.56. The molecular formula is C15H17BrN2OS. The predicted octanol–water partition coefficient (Wildman–Crippen LogP) is 4.48. The fourth-order valence-corrected chi connectivity index (χ4v) is 3.51. The normalized spacial score (nSPS) is 12.2. The first-order valence-corrected chi connectivity index (χ1v) is 8.33. The number of nitrogens with zero attached hydrogens (tertiary/aromatic N) is 1. The van der Waals surface area contributed by atoms with Crippen LogP contribution in [0.15, 0.2) is 29.6 Å². The lowest BCUT2D eigenvalue weighted by Crippen LogP contribution is -2.15. The maximum absolute atomic E-state index is 11.2. The van der Waals surface area contributed by atoms with Gasteiger partial charge >= 0.3 is 0 Å². The zero-order valence-corrected chi connectivity index (χ0v) is 13.9. The van der Waals surface area contributed by atoms with Gasteiger partial charge < -0.3 is 5.32 Å². The summed E-state index contributed by atoms with van der Waals surface area (Å²) < 4.78 is 0. The van der Waals surface area contributed by atoms with Crippen molar-refractivity contribution >= 4 is 38.7 Å². The molecule has 1 heterocycles. The standard InChI is InChI=1S/C15H17BrN2OS/c1-3-11-9-20-15(17-11)12-6-4-5-7-13(12)18-14(16)8-10(2)19/h4-7,9,14,18H,3,8H2,1-2H3. The van der Waals surface area contributed by atoms with Crippen LogP contribution in [0.1, 0.15) is 26.0 Å². The molecule has 2 aromatic rings. The number of nitrogens with one attached hydrogen (secondary N) is 1. The Morgan fingerprint density at radius 1 is 1.45 bits per heavy atom. The summed E-state index contributed by atoms with van der Waals surface area (Å²) in [5.41, 5.74) is 3.18. The molecule has 0 amide bonds. The largest absolute Gasteiger partial charge is 0.372 e. The van der Waals surface area contributed by atoms with Gasteiger partial charge in [0.1, 0.15) is 10.8 Å². The van der Waals surface area contributed by atoms with Gasteiger partial charge in [0.05, 0.1) is 10.6 Å². The van der Waals surface area contributed by atoms with E-state index >= 15 is 0 Å². The van der Waals surface area contributed by atoms with E-state index in [4.69, 9.17) is 0 Å². The Hall–Kier alpha value is -1.20. The number of carbonyl (C=O) groups excluding carboxylic acids is 1. The average molecular weight is 353 g/mol. The smallest absolute Gasteiger partial charge is 0.132 e. The Labute approximate surface area is 131 Å². The van der Waals surface area contributed by atoms with Gasteiger partial charge in [0.2, 0.25) is 0 Å². The molecule has 0 aliphatic rings. The van der Waals surface area contributed by atoms with Crippen molar-refractivity contribution in [1.29, 1.82) is 0 Å². The molecule has 0 spiro atoms. The number of Topliss-reactive ketones (excluding diaryl/α,β-unsaturated/α-hetero) is 1. The molecule has 20 heavy (non-hydrogen) atoms. The van der Waals surface area contributed by atoms with Crippen LogP contribution in [0.3, 0.4) is 0 Å². The summed E-state index contributed by atoms with van der Waals surface area (Å²) in [5, 5.41) is 6.43. The summed E-state index contributed by atoms with van der Waals surface area (Å²) in [6.07, 6.45) is 1.39. The number of anilines is 1. The molecule has 2 rings (SSSR count). The quantitative estimate of drug-likeness (QED) is 0.615. The summed E-state index contributed by atoms with van der Waals surface area (Å²) in [6.45, 7) is 3.69. The first-order chi connectivity index (χ1) is 9.60. The Bertz CT molecular complexity index is 597. The number of rotatable bonds is 6. The minimum atomic E-state index is -0.0632. The zero-order valence-electron chi connectivity index (χ0n) is 11.5. The van der Waals surface area contributed by atoms with Gasteiger partial charge in [-0.25, -0.2) is 4.98 Å². The van der Waals surface area contributed by atoms with Crippen LogP contribution < -0.4 is 5.32 Å². The van der Waals surface area contributed by atoms with Crippen molar-refractivity contribution in [3.05, 3.63) is 35.3 Å². The van der Waals surface area contributed by atoms with Crippen LogP contribution in [0.2, 0.25) is 0 Å². The van der Waals surface area contributed by atoms with E-state index in [1.54, 1.807) is 18.3 Å². The number of alkyl halides is 1. The van der Waals surface area contributed by atoms with Gasteiger partial charge in [-0.3, -0.25) is 4.79 Å². The molecule has 1 aromatic heterocycles.